The van der Waals surface area contributed by atoms with Crippen LogP contribution in [-0.4, -0.2) is 31.6 Å². The van der Waals surface area contributed by atoms with Crippen molar-refractivity contribution < 1.29 is 19.1 Å². The number of hydrogen-bond acceptors (Lipinski definition) is 4. The van der Waals surface area contributed by atoms with Gasteiger partial charge in [-0.3, -0.25) is 9.59 Å². The van der Waals surface area contributed by atoms with Crippen LogP contribution in [0.3, 0.4) is 0 Å². The highest BCUT2D eigenvalue weighted by Crippen LogP contribution is 2.18. The molecule has 6 nitrogen and oxygen atoms in total. The molecule has 2 amide bonds. The van der Waals surface area contributed by atoms with E-state index in [1.54, 1.807) is 24.3 Å². The molecular weight excluding hydrogens is 380 g/mol. The van der Waals surface area contributed by atoms with Crippen molar-refractivity contribution in [2.45, 2.75) is 6.54 Å². The zero-order valence-electron chi connectivity index (χ0n) is 16.5. The van der Waals surface area contributed by atoms with Gasteiger partial charge in [-0.2, -0.15) is 0 Å². The molecule has 0 heterocycles. The van der Waals surface area contributed by atoms with Gasteiger partial charge in [-0.25, -0.2) is 0 Å². The maximum absolute atomic E-state index is 12.5. The van der Waals surface area contributed by atoms with Crippen molar-refractivity contribution >= 4 is 11.8 Å². The first-order valence-electron chi connectivity index (χ1n) is 9.71. The number of hydrogen-bond donors (Lipinski definition) is 2. The predicted octanol–water partition coefficient (Wildman–Crippen LogP) is 3.19. The highest BCUT2D eigenvalue weighted by molar-refractivity contribution is 5.97. The number of rotatable bonds is 10. The largest absolute Gasteiger partial charge is 0.492 e. The third-order valence-corrected chi connectivity index (χ3v) is 4.22. The lowest BCUT2D eigenvalue weighted by atomic mass is 10.1. The lowest BCUT2D eigenvalue weighted by molar-refractivity contribution is -0.123. The summed E-state index contributed by atoms with van der Waals surface area (Å²) in [4.78, 5) is 24.5. The molecule has 30 heavy (non-hydrogen) atoms. The van der Waals surface area contributed by atoms with E-state index in [1.165, 1.54) is 0 Å². The van der Waals surface area contributed by atoms with Crippen LogP contribution >= 0.6 is 0 Å². The molecule has 3 rings (SSSR count). The van der Waals surface area contributed by atoms with Gasteiger partial charge in [0.05, 0.1) is 12.1 Å². The van der Waals surface area contributed by atoms with E-state index in [4.69, 9.17) is 9.47 Å². The summed E-state index contributed by atoms with van der Waals surface area (Å²) in [5.74, 6) is 0.564. The number of nitrogens with one attached hydrogen (secondary N) is 2. The Morgan fingerprint density at radius 3 is 2.17 bits per heavy atom. The lowest BCUT2D eigenvalue weighted by Gasteiger charge is -2.12. The van der Waals surface area contributed by atoms with Crippen molar-refractivity contribution in [2.24, 2.45) is 0 Å². The van der Waals surface area contributed by atoms with Crippen LogP contribution in [0.4, 0.5) is 0 Å². The second-order valence-corrected chi connectivity index (χ2v) is 6.46. The topological polar surface area (TPSA) is 76.7 Å². The van der Waals surface area contributed by atoms with E-state index in [0.717, 1.165) is 11.3 Å². The molecule has 0 unspecified atom stereocenters. The fourth-order valence-electron chi connectivity index (χ4n) is 2.72. The van der Waals surface area contributed by atoms with E-state index in [0.29, 0.717) is 31.0 Å². The summed E-state index contributed by atoms with van der Waals surface area (Å²) in [5, 5.41) is 5.59. The third-order valence-electron chi connectivity index (χ3n) is 4.22. The average molecular weight is 404 g/mol. The summed E-state index contributed by atoms with van der Waals surface area (Å²) < 4.78 is 11.1. The summed E-state index contributed by atoms with van der Waals surface area (Å²) in [7, 11) is 0. The minimum absolute atomic E-state index is 0.186. The number of carbonyl (C=O) groups is 2. The summed E-state index contributed by atoms with van der Waals surface area (Å²) in [6, 6.07) is 25.9. The summed E-state index contributed by atoms with van der Waals surface area (Å²) in [5.41, 5.74) is 1.38. The molecule has 0 fully saturated rings. The summed E-state index contributed by atoms with van der Waals surface area (Å²) in [6.45, 7) is 0.939. The molecule has 0 aliphatic carbocycles. The van der Waals surface area contributed by atoms with E-state index in [2.05, 4.69) is 10.6 Å². The van der Waals surface area contributed by atoms with Crippen molar-refractivity contribution in [2.75, 3.05) is 19.8 Å². The van der Waals surface area contributed by atoms with Crippen LogP contribution in [0.1, 0.15) is 15.9 Å². The van der Waals surface area contributed by atoms with Crippen molar-refractivity contribution in [3.05, 3.63) is 96.1 Å². The Labute approximate surface area is 175 Å². The van der Waals surface area contributed by atoms with Gasteiger partial charge in [0, 0.05) is 6.54 Å². The van der Waals surface area contributed by atoms with Gasteiger partial charge in [-0.1, -0.05) is 60.7 Å². The molecular formula is C24H24N2O4. The van der Waals surface area contributed by atoms with Gasteiger partial charge in [-0.15, -0.1) is 0 Å². The predicted molar refractivity (Wildman–Crippen MR) is 114 cm³/mol. The molecule has 0 aromatic heterocycles. The average Bonchev–Trinajstić information content (AvgIpc) is 2.80. The molecule has 6 heteroatoms. The monoisotopic (exact) mass is 404 g/mol. The first kappa shape index (κ1) is 20.9. The minimum Gasteiger partial charge on any atom is -0.492 e. The number of amides is 2. The minimum atomic E-state index is -0.286. The maximum atomic E-state index is 12.5. The van der Waals surface area contributed by atoms with E-state index >= 15 is 0 Å². The van der Waals surface area contributed by atoms with Crippen molar-refractivity contribution in [1.29, 1.82) is 0 Å². The van der Waals surface area contributed by atoms with E-state index in [-0.39, 0.29) is 18.4 Å². The molecule has 3 aromatic rings. The Morgan fingerprint density at radius 1 is 0.733 bits per heavy atom. The molecule has 0 atom stereocenters. The van der Waals surface area contributed by atoms with Crippen LogP contribution in [-0.2, 0) is 11.3 Å². The van der Waals surface area contributed by atoms with Crippen molar-refractivity contribution in [3.8, 4) is 11.5 Å². The lowest BCUT2D eigenvalue weighted by Crippen LogP contribution is -2.32. The third kappa shape index (κ3) is 6.67. The smallest absolute Gasteiger partial charge is 0.258 e. The maximum Gasteiger partial charge on any atom is 0.258 e. The van der Waals surface area contributed by atoms with Crippen molar-refractivity contribution in [1.82, 2.24) is 10.6 Å². The SMILES string of the molecule is O=C(COc1ccccc1C(=O)NCc1ccccc1)NCCOc1ccccc1. The second kappa shape index (κ2) is 11.3. The fourth-order valence-corrected chi connectivity index (χ4v) is 2.72. The molecule has 0 aliphatic rings. The van der Waals surface area contributed by atoms with Gasteiger partial charge in [-0.05, 0) is 29.8 Å². The van der Waals surface area contributed by atoms with Gasteiger partial charge in [0.1, 0.15) is 18.1 Å². The van der Waals surface area contributed by atoms with Crippen LogP contribution < -0.4 is 20.1 Å². The standard InChI is InChI=1S/C24H24N2O4/c27-23(25-15-16-29-20-11-5-2-6-12-20)18-30-22-14-8-7-13-21(22)24(28)26-17-19-9-3-1-4-10-19/h1-14H,15-18H2,(H,25,27)(H,26,28). The van der Waals surface area contributed by atoms with Crippen LogP contribution in [0.5, 0.6) is 11.5 Å². The van der Waals surface area contributed by atoms with Gasteiger partial charge in [0.15, 0.2) is 6.61 Å². The number of benzene rings is 3. The number of carbonyl (C=O) groups excluding carboxylic acids is 2. The molecule has 154 valence electrons. The van der Waals surface area contributed by atoms with E-state index < -0.39 is 0 Å². The summed E-state index contributed by atoms with van der Waals surface area (Å²) >= 11 is 0. The molecule has 0 aliphatic heterocycles. The number of para-hydroxylation sites is 2. The fraction of sp³-hybridized carbons (Fsp3) is 0.167. The Hall–Kier alpha value is -3.80. The number of ether oxygens (including phenoxy) is 2. The van der Waals surface area contributed by atoms with Crippen molar-refractivity contribution in [3.63, 3.8) is 0 Å². The molecule has 3 aromatic carbocycles. The highest BCUT2D eigenvalue weighted by Gasteiger charge is 2.13. The Morgan fingerprint density at radius 2 is 1.40 bits per heavy atom. The quantitative estimate of drug-likeness (QED) is 0.509. The highest BCUT2D eigenvalue weighted by atomic mass is 16.5. The van der Waals surface area contributed by atoms with Gasteiger partial charge in [0.2, 0.25) is 0 Å². The molecule has 0 saturated carbocycles. The van der Waals surface area contributed by atoms with Gasteiger partial charge >= 0.3 is 0 Å². The molecule has 0 saturated heterocycles. The molecule has 0 bridgehead atoms. The summed E-state index contributed by atoms with van der Waals surface area (Å²) in [6.07, 6.45) is 0. The van der Waals surface area contributed by atoms with Crippen LogP contribution in [0.2, 0.25) is 0 Å². The van der Waals surface area contributed by atoms with Crippen LogP contribution in [0.25, 0.3) is 0 Å². The normalized spacial score (nSPS) is 10.1. The molecule has 0 radical (unpaired) electrons. The van der Waals surface area contributed by atoms with Gasteiger partial charge < -0.3 is 20.1 Å². The van der Waals surface area contributed by atoms with Crippen LogP contribution in [0, 0.1) is 0 Å². The molecule has 2 N–H and O–H groups in total. The van der Waals surface area contributed by atoms with E-state index in [1.807, 2.05) is 60.7 Å². The zero-order valence-corrected chi connectivity index (χ0v) is 16.5. The van der Waals surface area contributed by atoms with E-state index in [9.17, 15) is 9.59 Å². The Balaban J connectivity index is 1.43. The molecule has 0 spiro atoms. The van der Waals surface area contributed by atoms with Gasteiger partial charge in [0.25, 0.3) is 11.8 Å². The first-order valence-corrected chi connectivity index (χ1v) is 9.71. The first-order chi connectivity index (χ1) is 14.7. The zero-order chi connectivity index (χ0) is 21.0. The Kier molecular flexibility index (Phi) is 7.85. The van der Waals surface area contributed by atoms with Crippen LogP contribution in [0.15, 0.2) is 84.9 Å². The Bertz CT molecular complexity index is 946. The second-order valence-electron chi connectivity index (χ2n) is 6.46.